The zero-order valence-corrected chi connectivity index (χ0v) is 23.9. The van der Waals surface area contributed by atoms with Gasteiger partial charge in [-0.1, -0.05) is 158 Å². The Hall–Kier alpha value is -1.93. The Morgan fingerprint density at radius 2 is 1.17 bits per heavy atom. The highest BCUT2D eigenvalue weighted by Crippen LogP contribution is 2.16. The van der Waals surface area contributed by atoms with Gasteiger partial charge < -0.3 is 4.74 Å². The van der Waals surface area contributed by atoms with Crippen LogP contribution in [0.25, 0.3) is 6.08 Å². The number of aryl methyl sites for hydroxylation is 1. The van der Waals surface area contributed by atoms with Crippen LogP contribution in [0.4, 0.5) is 0 Å². The molecular formula is C34H50OS. The largest absolute Gasteiger partial charge is 0.494 e. The van der Waals surface area contributed by atoms with Crippen molar-refractivity contribution in [1.82, 2.24) is 0 Å². The van der Waals surface area contributed by atoms with E-state index in [0.717, 1.165) is 41.2 Å². The summed E-state index contributed by atoms with van der Waals surface area (Å²) in [4.78, 5) is 0.871. The van der Waals surface area contributed by atoms with Gasteiger partial charge in [0.2, 0.25) is 0 Å². The molecule has 2 rings (SSSR count). The van der Waals surface area contributed by atoms with E-state index >= 15 is 0 Å². The van der Waals surface area contributed by atoms with Crippen LogP contribution < -0.4 is 4.74 Å². The second-order valence-electron chi connectivity index (χ2n) is 10.2. The van der Waals surface area contributed by atoms with Crippen molar-refractivity contribution in [3.05, 3.63) is 71.3 Å². The highest BCUT2D eigenvalue weighted by molar-refractivity contribution is 7.81. The zero-order chi connectivity index (χ0) is 25.7. The van der Waals surface area contributed by atoms with Crippen LogP contribution in [0.15, 0.2) is 54.6 Å². The smallest absolute Gasteiger partial charge is 0.119 e. The minimum absolute atomic E-state index is 0.811. The summed E-state index contributed by atoms with van der Waals surface area (Å²) in [5.41, 5.74) is 3.62. The first kappa shape index (κ1) is 30.3. The van der Waals surface area contributed by atoms with Crippen LogP contribution in [0, 0.1) is 0 Å². The molecule has 2 aromatic rings. The topological polar surface area (TPSA) is 9.23 Å². The van der Waals surface area contributed by atoms with Crippen molar-refractivity contribution < 1.29 is 4.74 Å². The number of allylic oxidation sites excluding steroid dienone is 1. The second kappa shape index (κ2) is 20.2. The van der Waals surface area contributed by atoms with Gasteiger partial charge in [0.15, 0.2) is 0 Å². The molecule has 0 heterocycles. The van der Waals surface area contributed by atoms with E-state index in [1.807, 2.05) is 6.08 Å². The number of hydrogen-bond acceptors (Lipinski definition) is 2. The SMILES string of the molecule is CCCCCCCCCCCCCCCCOc1ccc(C=CC(=S)c2ccc(CCC)cc2)cc1. The molecule has 36 heavy (non-hydrogen) atoms. The Morgan fingerprint density at radius 3 is 1.69 bits per heavy atom. The Balaban J connectivity index is 1.49. The van der Waals surface area contributed by atoms with Gasteiger partial charge in [-0.05, 0) is 47.7 Å². The summed E-state index contributed by atoms with van der Waals surface area (Å²) >= 11 is 5.59. The van der Waals surface area contributed by atoms with Gasteiger partial charge in [0, 0.05) is 4.86 Å². The molecule has 0 aliphatic heterocycles. The quantitative estimate of drug-likeness (QED) is 0.0720. The van der Waals surface area contributed by atoms with Crippen LogP contribution in [0.5, 0.6) is 5.75 Å². The molecule has 0 amide bonds. The van der Waals surface area contributed by atoms with E-state index in [-0.39, 0.29) is 0 Å². The van der Waals surface area contributed by atoms with Crippen molar-refractivity contribution in [3.63, 3.8) is 0 Å². The van der Waals surface area contributed by atoms with Gasteiger partial charge in [0.05, 0.1) is 6.61 Å². The molecule has 0 unspecified atom stereocenters. The van der Waals surface area contributed by atoms with Crippen LogP contribution in [0.3, 0.4) is 0 Å². The van der Waals surface area contributed by atoms with E-state index < -0.39 is 0 Å². The van der Waals surface area contributed by atoms with Crippen LogP contribution in [0.2, 0.25) is 0 Å². The van der Waals surface area contributed by atoms with Crippen molar-refractivity contribution in [1.29, 1.82) is 0 Å². The molecule has 0 saturated heterocycles. The molecule has 0 fully saturated rings. The van der Waals surface area contributed by atoms with Gasteiger partial charge in [-0.2, -0.15) is 0 Å². The maximum Gasteiger partial charge on any atom is 0.119 e. The molecule has 0 atom stereocenters. The number of ether oxygens (including phenoxy) is 1. The number of hydrogen-bond donors (Lipinski definition) is 0. The molecule has 0 radical (unpaired) electrons. The predicted molar refractivity (Wildman–Crippen MR) is 163 cm³/mol. The number of benzene rings is 2. The lowest BCUT2D eigenvalue weighted by atomic mass is 10.0. The molecule has 0 aromatic heterocycles. The fourth-order valence-corrected chi connectivity index (χ4v) is 4.76. The monoisotopic (exact) mass is 506 g/mol. The molecule has 0 spiro atoms. The average molecular weight is 507 g/mol. The van der Waals surface area contributed by atoms with E-state index in [2.05, 4.69) is 68.5 Å². The summed E-state index contributed by atoms with van der Waals surface area (Å²) in [6, 6.07) is 17.0. The first-order valence-electron chi connectivity index (χ1n) is 14.8. The van der Waals surface area contributed by atoms with Gasteiger partial charge in [-0.3, -0.25) is 0 Å². The average Bonchev–Trinajstić information content (AvgIpc) is 2.91. The maximum absolute atomic E-state index is 5.94. The van der Waals surface area contributed by atoms with Gasteiger partial charge in [-0.15, -0.1) is 0 Å². The first-order chi connectivity index (χ1) is 17.7. The Morgan fingerprint density at radius 1 is 0.639 bits per heavy atom. The molecule has 0 bridgehead atoms. The van der Waals surface area contributed by atoms with Gasteiger partial charge >= 0.3 is 0 Å². The fourth-order valence-electron chi connectivity index (χ4n) is 4.55. The lowest BCUT2D eigenvalue weighted by Crippen LogP contribution is -1.97. The summed E-state index contributed by atoms with van der Waals surface area (Å²) in [5, 5.41) is 0. The molecule has 198 valence electrons. The Bertz CT molecular complexity index is 834. The van der Waals surface area contributed by atoms with E-state index in [4.69, 9.17) is 17.0 Å². The van der Waals surface area contributed by atoms with Crippen LogP contribution in [-0.4, -0.2) is 11.5 Å². The third-order valence-corrected chi connectivity index (χ3v) is 7.22. The molecule has 1 nitrogen and oxygen atoms in total. The van der Waals surface area contributed by atoms with Gasteiger partial charge in [0.25, 0.3) is 0 Å². The third kappa shape index (κ3) is 14.0. The maximum atomic E-state index is 5.94. The zero-order valence-electron chi connectivity index (χ0n) is 23.1. The summed E-state index contributed by atoms with van der Waals surface area (Å²) in [7, 11) is 0. The van der Waals surface area contributed by atoms with Crippen molar-refractivity contribution >= 4 is 23.2 Å². The molecule has 0 aliphatic carbocycles. The minimum Gasteiger partial charge on any atom is -0.494 e. The number of unbranched alkanes of at least 4 members (excludes halogenated alkanes) is 13. The highest BCUT2D eigenvalue weighted by Gasteiger charge is 2.00. The van der Waals surface area contributed by atoms with Crippen molar-refractivity contribution in [2.24, 2.45) is 0 Å². The van der Waals surface area contributed by atoms with E-state index in [1.165, 1.54) is 95.5 Å². The van der Waals surface area contributed by atoms with Crippen molar-refractivity contribution in [2.45, 2.75) is 117 Å². The standard InChI is InChI=1S/C34H50OS/c1-3-5-6-7-8-9-10-11-12-13-14-15-16-17-29-35-33-26-21-31(22-27-33)23-28-34(36)32-24-19-30(18-4-2)20-25-32/h19-28H,3-18,29H2,1-2H3. The fraction of sp³-hybridized carbons (Fsp3) is 0.559. The van der Waals surface area contributed by atoms with Crippen LogP contribution in [0.1, 0.15) is 127 Å². The summed E-state index contributed by atoms with van der Waals surface area (Å²) in [5.74, 6) is 0.955. The van der Waals surface area contributed by atoms with E-state index in [9.17, 15) is 0 Å². The first-order valence-corrected chi connectivity index (χ1v) is 15.2. The Labute approximate surface area is 227 Å². The van der Waals surface area contributed by atoms with E-state index in [0.29, 0.717) is 0 Å². The van der Waals surface area contributed by atoms with Gasteiger partial charge in [0.1, 0.15) is 5.75 Å². The minimum atomic E-state index is 0.811. The summed E-state index contributed by atoms with van der Waals surface area (Å²) in [6.07, 6.45) is 25.8. The third-order valence-electron chi connectivity index (χ3n) is 6.85. The predicted octanol–water partition coefficient (Wildman–Crippen LogP) is 10.9. The molecule has 2 aromatic carbocycles. The highest BCUT2D eigenvalue weighted by atomic mass is 32.1. The van der Waals surface area contributed by atoms with Crippen LogP contribution >= 0.6 is 12.2 Å². The lowest BCUT2D eigenvalue weighted by Gasteiger charge is -2.07. The van der Waals surface area contributed by atoms with Crippen molar-refractivity contribution in [2.75, 3.05) is 6.61 Å². The molecule has 2 heteroatoms. The normalized spacial score (nSPS) is 11.3. The lowest BCUT2D eigenvalue weighted by molar-refractivity contribution is 0.304. The molecule has 0 aliphatic rings. The summed E-state index contributed by atoms with van der Waals surface area (Å²) < 4.78 is 5.94. The van der Waals surface area contributed by atoms with Crippen LogP contribution in [-0.2, 0) is 6.42 Å². The molecular weight excluding hydrogens is 456 g/mol. The van der Waals surface area contributed by atoms with Crippen molar-refractivity contribution in [3.8, 4) is 5.75 Å². The molecule has 0 N–H and O–H groups in total. The summed E-state index contributed by atoms with van der Waals surface area (Å²) in [6.45, 7) is 5.31. The Kier molecular flexibility index (Phi) is 17.0. The van der Waals surface area contributed by atoms with Gasteiger partial charge in [-0.25, -0.2) is 0 Å². The number of thiocarbonyl (C=S) groups is 1. The molecule has 0 saturated carbocycles. The second-order valence-corrected chi connectivity index (χ2v) is 10.6. The van der Waals surface area contributed by atoms with E-state index in [1.54, 1.807) is 0 Å². The number of rotatable bonds is 21.